The minimum atomic E-state index is -2.30. The van der Waals surface area contributed by atoms with Crippen LogP contribution in [0.1, 0.15) is 34.1 Å². The molecule has 1 aliphatic rings. The summed E-state index contributed by atoms with van der Waals surface area (Å²) < 4.78 is 25.9. The van der Waals surface area contributed by atoms with Gasteiger partial charge in [0.1, 0.15) is 12.7 Å². The van der Waals surface area contributed by atoms with Crippen molar-refractivity contribution < 1.29 is 48.0 Å². The highest BCUT2D eigenvalue weighted by Crippen LogP contribution is 2.36. The SMILES string of the molecule is CC(=O)OC[C@H]1O[C@](O)(CCN=[N+]=[N-])[C@H](OC(C)=O)[C@@H](OC(C)=O)[C@@H]1OC(C)=O. The van der Waals surface area contributed by atoms with Crippen molar-refractivity contribution >= 4 is 23.9 Å². The van der Waals surface area contributed by atoms with Crippen molar-refractivity contribution in [3.05, 3.63) is 10.4 Å². The van der Waals surface area contributed by atoms with E-state index in [1.54, 1.807) is 0 Å². The van der Waals surface area contributed by atoms with Crippen LogP contribution in [0.5, 0.6) is 0 Å². The predicted molar refractivity (Wildman–Crippen MR) is 91.7 cm³/mol. The number of carbonyl (C=O) groups is 4. The zero-order valence-corrected chi connectivity index (χ0v) is 16.4. The average Bonchev–Trinajstić information content (AvgIpc) is 2.58. The molecule has 0 bridgehead atoms. The van der Waals surface area contributed by atoms with Gasteiger partial charge in [-0.25, -0.2) is 0 Å². The molecule has 13 nitrogen and oxygen atoms in total. The van der Waals surface area contributed by atoms with Crippen molar-refractivity contribution in [1.82, 2.24) is 0 Å². The van der Waals surface area contributed by atoms with E-state index in [0.717, 1.165) is 27.7 Å². The third kappa shape index (κ3) is 7.22. The van der Waals surface area contributed by atoms with Gasteiger partial charge in [-0.1, -0.05) is 5.11 Å². The topological polar surface area (TPSA) is 183 Å². The Kier molecular flexibility index (Phi) is 8.83. The molecule has 162 valence electrons. The second kappa shape index (κ2) is 10.6. The molecule has 5 atom stereocenters. The molecule has 0 aromatic heterocycles. The third-order valence-electron chi connectivity index (χ3n) is 3.77. The summed E-state index contributed by atoms with van der Waals surface area (Å²) in [4.78, 5) is 48.6. The maximum atomic E-state index is 11.6. The average molecular weight is 417 g/mol. The van der Waals surface area contributed by atoms with Gasteiger partial charge in [-0.2, -0.15) is 0 Å². The van der Waals surface area contributed by atoms with Crippen LogP contribution in [0.25, 0.3) is 10.4 Å². The molecule has 1 saturated heterocycles. The quantitative estimate of drug-likeness (QED) is 0.187. The van der Waals surface area contributed by atoms with Crippen molar-refractivity contribution in [2.75, 3.05) is 13.2 Å². The van der Waals surface area contributed by atoms with E-state index in [1.165, 1.54) is 0 Å². The number of rotatable bonds is 8. The highest BCUT2D eigenvalue weighted by molar-refractivity contribution is 5.68. The first-order valence-corrected chi connectivity index (χ1v) is 8.56. The molecule has 0 aliphatic carbocycles. The summed E-state index contributed by atoms with van der Waals surface area (Å²) in [5.41, 5.74) is 8.47. The number of ether oxygens (including phenoxy) is 5. The van der Waals surface area contributed by atoms with E-state index in [4.69, 9.17) is 29.2 Å². The lowest BCUT2D eigenvalue weighted by Crippen LogP contribution is -2.68. The molecule has 0 saturated carbocycles. The Morgan fingerprint density at radius 1 is 1.00 bits per heavy atom. The number of nitrogens with zero attached hydrogens (tertiary/aromatic N) is 3. The van der Waals surface area contributed by atoms with Crippen molar-refractivity contribution in [1.29, 1.82) is 0 Å². The van der Waals surface area contributed by atoms with Crippen LogP contribution in [0.2, 0.25) is 0 Å². The fraction of sp³-hybridized carbons (Fsp3) is 0.750. The van der Waals surface area contributed by atoms with Gasteiger partial charge in [0.05, 0.1) is 0 Å². The minimum absolute atomic E-state index is 0.268. The van der Waals surface area contributed by atoms with Crippen molar-refractivity contribution in [2.45, 2.75) is 64.3 Å². The van der Waals surface area contributed by atoms with Crippen molar-refractivity contribution in [3.8, 4) is 0 Å². The Balaban J connectivity index is 3.41. The Morgan fingerprint density at radius 3 is 2.03 bits per heavy atom. The van der Waals surface area contributed by atoms with Gasteiger partial charge >= 0.3 is 23.9 Å². The standard InChI is InChI=1S/C16H23N3O10/c1-8(20)25-7-12-13(26-9(2)21)14(27-10(3)22)15(28-11(4)23)16(24,29-12)5-6-18-19-17/h12-15,24H,5-7H2,1-4H3/t12-,13-,14+,15-,16-/m1/s1. The van der Waals surface area contributed by atoms with Crippen LogP contribution >= 0.6 is 0 Å². The van der Waals surface area contributed by atoms with Crippen LogP contribution in [-0.2, 0) is 42.9 Å². The van der Waals surface area contributed by atoms with Crippen LogP contribution in [0.4, 0.5) is 0 Å². The van der Waals surface area contributed by atoms with E-state index in [0.29, 0.717) is 0 Å². The van der Waals surface area contributed by atoms with Crippen LogP contribution in [0.15, 0.2) is 5.11 Å². The highest BCUT2D eigenvalue weighted by atomic mass is 16.7. The number of hydrogen-bond acceptors (Lipinski definition) is 11. The zero-order valence-electron chi connectivity index (χ0n) is 16.4. The first kappa shape index (κ1) is 24.1. The van der Waals surface area contributed by atoms with E-state index in [-0.39, 0.29) is 13.0 Å². The first-order valence-electron chi connectivity index (χ1n) is 8.56. The Hall–Kier alpha value is -2.89. The van der Waals surface area contributed by atoms with E-state index in [1.807, 2.05) is 0 Å². The van der Waals surface area contributed by atoms with Gasteiger partial charge in [0.15, 0.2) is 18.3 Å². The second-order valence-corrected chi connectivity index (χ2v) is 6.19. The van der Waals surface area contributed by atoms with Crippen LogP contribution < -0.4 is 0 Å². The molecule has 0 radical (unpaired) electrons. The Morgan fingerprint density at radius 2 is 1.55 bits per heavy atom. The van der Waals surface area contributed by atoms with Gasteiger partial charge in [-0.15, -0.1) is 0 Å². The van der Waals surface area contributed by atoms with Gasteiger partial charge in [0, 0.05) is 45.6 Å². The monoisotopic (exact) mass is 417 g/mol. The molecule has 1 fully saturated rings. The fourth-order valence-electron chi connectivity index (χ4n) is 2.81. The molecule has 1 rings (SSSR count). The molecule has 1 aliphatic heterocycles. The lowest BCUT2D eigenvalue weighted by molar-refractivity contribution is -0.352. The lowest BCUT2D eigenvalue weighted by Gasteiger charge is -2.48. The number of esters is 4. The molecule has 29 heavy (non-hydrogen) atoms. The smallest absolute Gasteiger partial charge is 0.303 e. The van der Waals surface area contributed by atoms with E-state index < -0.39 is 60.7 Å². The van der Waals surface area contributed by atoms with Gasteiger partial charge in [-0.3, -0.25) is 19.2 Å². The fourth-order valence-corrected chi connectivity index (χ4v) is 2.81. The molecule has 0 aromatic rings. The molecular formula is C16H23N3O10. The van der Waals surface area contributed by atoms with Crippen molar-refractivity contribution in [2.24, 2.45) is 5.11 Å². The number of hydrogen-bond donors (Lipinski definition) is 1. The highest BCUT2D eigenvalue weighted by Gasteiger charge is 2.59. The third-order valence-corrected chi connectivity index (χ3v) is 3.77. The Labute approximate surface area is 165 Å². The molecule has 1 heterocycles. The maximum Gasteiger partial charge on any atom is 0.303 e. The predicted octanol–water partition coefficient (Wildman–Crippen LogP) is 0.132. The molecule has 13 heteroatoms. The molecule has 1 N–H and O–H groups in total. The summed E-state index contributed by atoms with van der Waals surface area (Å²) in [7, 11) is 0. The van der Waals surface area contributed by atoms with Gasteiger partial charge in [-0.05, 0) is 5.53 Å². The van der Waals surface area contributed by atoms with E-state index >= 15 is 0 Å². The zero-order chi connectivity index (χ0) is 22.2. The van der Waals surface area contributed by atoms with Crippen LogP contribution in [-0.4, -0.2) is 72.3 Å². The normalized spacial score (nSPS) is 28.4. The van der Waals surface area contributed by atoms with Gasteiger partial charge in [0.25, 0.3) is 0 Å². The Bertz CT molecular complexity index is 692. The van der Waals surface area contributed by atoms with Gasteiger partial charge < -0.3 is 28.8 Å². The maximum absolute atomic E-state index is 11.6. The summed E-state index contributed by atoms with van der Waals surface area (Å²) in [5.74, 6) is -5.45. The second-order valence-electron chi connectivity index (χ2n) is 6.19. The summed E-state index contributed by atoms with van der Waals surface area (Å²) in [6.07, 6.45) is -6.15. The summed E-state index contributed by atoms with van der Waals surface area (Å²) in [5, 5.41) is 14.3. The minimum Gasteiger partial charge on any atom is -0.463 e. The largest absolute Gasteiger partial charge is 0.463 e. The summed E-state index contributed by atoms with van der Waals surface area (Å²) >= 11 is 0. The van der Waals surface area contributed by atoms with Crippen LogP contribution in [0.3, 0.4) is 0 Å². The van der Waals surface area contributed by atoms with Gasteiger partial charge in [0.2, 0.25) is 5.79 Å². The molecule has 0 unspecified atom stereocenters. The van der Waals surface area contributed by atoms with E-state index in [9.17, 15) is 24.3 Å². The number of aliphatic hydroxyl groups is 1. The summed E-state index contributed by atoms with van der Waals surface area (Å²) in [6, 6.07) is 0. The van der Waals surface area contributed by atoms with Crippen LogP contribution in [0, 0.1) is 0 Å². The first-order chi connectivity index (χ1) is 13.5. The molecule has 0 aromatic carbocycles. The number of azide groups is 1. The van der Waals surface area contributed by atoms with E-state index in [2.05, 4.69) is 10.0 Å². The lowest BCUT2D eigenvalue weighted by atomic mass is 9.90. The number of carbonyl (C=O) groups excluding carboxylic acids is 4. The summed E-state index contributed by atoms with van der Waals surface area (Å²) in [6.45, 7) is 3.58. The molecule has 0 spiro atoms. The molecular weight excluding hydrogens is 394 g/mol. The van der Waals surface area contributed by atoms with Crippen molar-refractivity contribution in [3.63, 3.8) is 0 Å². The molecule has 0 amide bonds.